The molecule has 0 atom stereocenters. The summed E-state index contributed by atoms with van der Waals surface area (Å²) in [5, 5.41) is 3.26. The molecule has 2 fully saturated rings. The average Bonchev–Trinajstić information content (AvgIpc) is 3.18. The zero-order chi connectivity index (χ0) is 18.7. The van der Waals surface area contributed by atoms with E-state index in [9.17, 15) is 19.2 Å². The fourth-order valence-electron chi connectivity index (χ4n) is 3.34. The number of carbonyl (C=O) groups is 4. The number of ketones is 1. The van der Waals surface area contributed by atoms with Crippen molar-refractivity contribution in [2.75, 3.05) is 13.2 Å². The van der Waals surface area contributed by atoms with Crippen molar-refractivity contribution in [1.82, 2.24) is 10.2 Å². The van der Waals surface area contributed by atoms with Gasteiger partial charge >= 0.3 is 12.0 Å². The van der Waals surface area contributed by atoms with Gasteiger partial charge in [-0.1, -0.05) is 24.4 Å². The summed E-state index contributed by atoms with van der Waals surface area (Å²) in [4.78, 5) is 49.3. The standard InChI is InChI=1S/C18H19ClN2O5/c19-13-5-3-12(4-6-13)14(22)11-26-15(23)7-10-21-16(24)18(20-17(21)25)8-1-2-9-18/h3-6H,1-2,7-11H2,(H,20,25). The molecule has 0 aromatic heterocycles. The molecule has 1 aliphatic carbocycles. The summed E-state index contributed by atoms with van der Waals surface area (Å²) in [6.07, 6.45) is 2.91. The Hall–Kier alpha value is -2.41. The number of rotatable bonds is 6. The zero-order valence-corrected chi connectivity index (χ0v) is 14.9. The molecule has 26 heavy (non-hydrogen) atoms. The van der Waals surface area contributed by atoms with E-state index in [-0.39, 0.29) is 24.7 Å². The first kappa shape index (κ1) is 18.4. The summed E-state index contributed by atoms with van der Waals surface area (Å²) in [6, 6.07) is 5.78. The summed E-state index contributed by atoms with van der Waals surface area (Å²) in [7, 11) is 0. The molecule has 2 aliphatic rings. The minimum Gasteiger partial charge on any atom is -0.457 e. The third-order valence-electron chi connectivity index (χ3n) is 4.77. The van der Waals surface area contributed by atoms with Gasteiger partial charge in [0.05, 0.1) is 6.42 Å². The molecule has 3 amide bonds. The van der Waals surface area contributed by atoms with Gasteiger partial charge in [0.2, 0.25) is 0 Å². The Morgan fingerprint density at radius 1 is 1.15 bits per heavy atom. The third kappa shape index (κ3) is 3.72. The Balaban J connectivity index is 1.47. The van der Waals surface area contributed by atoms with Gasteiger partial charge in [-0.05, 0) is 37.1 Å². The highest BCUT2D eigenvalue weighted by Crippen LogP contribution is 2.35. The Bertz CT molecular complexity index is 740. The summed E-state index contributed by atoms with van der Waals surface area (Å²) >= 11 is 5.75. The number of halogens is 1. The molecule has 7 nitrogen and oxygen atoms in total. The SMILES string of the molecule is O=C(CCN1C(=O)NC2(CCCC2)C1=O)OCC(=O)c1ccc(Cl)cc1. The van der Waals surface area contributed by atoms with Crippen LogP contribution in [0.3, 0.4) is 0 Å². The Kier molecular flexibility index (Phi) is 5.27. The van der Waals surface area contributed by atoms with Gasteiger partial charge in [0, 0.05) is 17.1 Å². The van der Waals surface area contributed by atoms with E-state index in [1.165, 1.54) is 0 Å². The van der Waals surface area contributed by atoms with Crippen molar-refractivity contribution < 1.29 is 23.9 Å². The Morgan fingerprint density at radius 2 is 1.81 bits per heavy atom. The van der Waals surface area contributed by atoms with Crippen LogP contribution in [0, 0.1) is 0 Å². The fraction of sp³-hybridized carbons (Fsp3) is 0.444. The lowest BCUT2D eigenvalue weighted by atomic mass is 9.98. The second-order valence-electron chi connectivity index (χ2n) is 6.52. The highest BCUT2D eigenvalue weighted by atomic mass is 35.5. The maximum absolute atomic E-state index is 12.5. The maximum atomic E-state index is 12.5. The summed E-state index contributed by atoms with van der Waals surface area (Å²) < 4.78 is 4.94. The molecular formula is C18H19ClN2O5. The van der Waals surface area contributed by atoms with Crippen LogP contribution in [0.2, 0.25) is 5.02 Å². The number of benzene rings is 1. The number of amides is 3. The average molecular weight is 379 g/mol. The monoisotopic (exact) mass is 378 g/mol. The number of carbonyl (C=O) groups excluding carboxylic acids is 4. The largest absolute Gasteiger partial charge is 0.457 e. The quantitative estimate of drug-likeness (QED) is 0.466. The molecule has 1 saturated carbocycles. The third-order valence-corrected chi connectivity index (χ3v) is 5.02. The van der Waals surface area contributed by atoms with Crippen molar-refractivity contribution in [2.45, 2.75) is 37.6 Å². The fourth-order valence-corrected chi connectivity index (χ4v) is 3.46. The van der Waals surface area contributed by atoms with E-state index in [1.807, 2.05) is 0 Å². The van der Waals surface area contributed by atoms with Gasteiger partial charge in [-0.15, -0.1) is 0 Å². The van der Waals surface area contributed by atoms with Crippen molar-refractivity contribution in [3.05, 3.63) is 34.9 Å². The summed E-state index contributed by atoms with van der Waals surface area (Å²) in [5.41, 5.74) is -0.398. The highest BCUT2D eigenvalue weighted by Gasteiger charge is 2.52. The normalized spacial score (nSPS) is 18.3. The predicted molar refractivity (Wildman–Crippen MR) is 92.8 cm³/mol. The van der Waals surface area contributed by atoms with Gasteiger partial charge in [-0.25, -0.2) is 4.79 Å². The van der Waals surface area contributed by atoms with Crippen LogP contribution in [0.1, 0.15) is 42.5 Å². The molecule has 0 radical (unpaired) electrons. The van der Waals surface area contributed by atoms with E-state index < -0.39 is 24.1 Å². The second-order valence-corrected chi connectivity index (χ2v) is 6.95. The number of hydrogen-bond acceptors (Lipinski definition) is 5. The number of ether oxygens (including phenoxy) is 1. The highest BCUT2D eigenvalue weighted by molar-refractivity contribution is 6.30. The topological polar surface area (TPSA) is 92.8 Å². The number of esters is 1. The molecule has 8 heteroatoms. The van der Waals surface area contributed by atoms with Crippen molar-refractivity contribution in [1.29, 1.82) is 0 Å². The van der Waals surface area contributed by atoms with Crippen LogP contribution in [0.15, 0.2) is 24.3 Å². The van der Waals surface area contributed by atoms with Crippen LogP contribution in [-0.4, -0.2) is 47.3 Å². The van der Waals surface area contributed by atoms with Crippen LogP contribution in [-0.2, 0) is 14.3 Å². The first-order valence-electron chi connectivity index (χ1n) is 8.50. The van der Waals surface area contributed by atoms with Gasteiger partial charge in [0.25, 0.3) is 5.91 Å². The number of imide groups is 1. The molecule has 0 unspecified atom stereocenters. The molecule has 1 saturated heterocycles. The van der Waals surface area contributed by atoms with Crippen LogP contribution >= 0.6 is 11.6 Å². The Morgan fingerprint density at radius 3 is 2.46 bits per heavy atom. The van der Waals surface area contributed by atoms with Gasteiger partial charge in [-0.2, -0.15) is 0 Å². The van der Waals surface area contributed by atoms with E-state index in [0.29, 0.717) is 23.4 Å². The number of nitrogens with one attached hydrogen (secondary N) is 1. The lowest BCUT2D eigenvalue weighted by Crippen LogP contribution is -2.44. The van der Waals surface area contributed by atoms with Gasteiger partial charge in [0.15, 0.2) is 12.4 Å². The van der Waals surface area contributed by atoms with Crippen molar-refractivity contribution in [3.63, 3.8) is 0 Å². The molecule has 0 bridgehead atoms. The molecule has 138 valence electrons. The summed E-state index contributed by atoms with van der Waals surface area (Å²) in [5.74, 6) is -1.26. The van der Waals surface area contributed by atoms with Crippen LogP contribution in [0.5, 0.6) is 0 Å². The Labute approximate surface area is 155 Å². The van der Waals surface area contributed by atoms with E-state index in [1.54, 1.807) is 24.3 Å². The number of Topliss-reactive ketones (excluding diaryl/α,β-unsaturated/α-hetero) is 1. The van der Waals surface area contributed by atoms with Crippen LogP contribution in [0.4, 0.5) is 4.79 Å². The van der Waals surface area contributed by atoms with Gasteiger partial charge in [-0.3, -0.25) is 19.3 Å². The van der Waals surface area contributed by atoms with Crippen molar-refractivity contribution in [3.8, 4) is 0 Å². The van der Waals surface area contributed by atoms with E-state index in [4.69, 9.17) is 16.3 Å². The van der Waals surface area contributed by atoms with E-state index in [2.05, 4.69) is 5.32 Å². The molecule has 3 rings (SSSR count). The number of nitrogens with zero attached hydrogens (tertiary/aromatic N) is 1. The first-order valence-corrected chi connectivity index (χ1v) is 8.88. The lowest BCUT2D eigenvalue weighted by molar-refractivity contribution is -0.143. The van der Waals surface area contributed by atoms with Crippen molar-refractivity contribution >= 4 is 35.3 Å². The number of hydrogen-bond donors (Lipinski definition) is 1. The van der Waals surface area contributed by atoms with Crippen LogP contribution < -0.4 is 5.32 Å². The van der Waals surface area contributed by atoms with Gasteiger partial charge in [0.1, 0.15) is 5.54 Å². The lowest BCUT2D eigenvalue weighted by Gasteiger charge is -2.19. The van der Waals surface area contributed by atoms with Crippen LogP contribution in [0.25, 0.3) is 0 Å². The molecule has 1 N–H and O–H groups in total. The minimum atomic E-state index is -0.786. The van der Waals surface area contributed by atoms with Gasteiger partial charge < -0.3 is 10.1 Å². The zero-order valence-electron chi connectivity index (χ0n) is 14.1. The molecule has 1 spiro atoms. The maximum Gasteiger partial charge on any atom is 0.325 e. The smallest absolute Gasteiger partial charge is 0.325 e. The molecule has 1 aromatic rings. The van der Waals surface area contributed by atoms with Crippen molar-refractivity contribution in [2.24, 2.45) is 0 Å². The molecular weight excluding hydrogens is 360 g/mol. The molecule has 1 heterocycles. The summed E-state index contributed by atoms with van der Waals surface area (Å²) in [6.45, 7) is -0.453. The molecule has 1 aliphatic heterocycles. The molecule has 1 aromatic carbocycles. The predicted octanol–water partition coefficient (Wildman–Crippen LogP) is 2.32. The van der Waals surface area contributed by atoms with E-state index >= 15 is 0 Å². The minimum absolute atomic E-state index is 0.0552. The van der Waals surface area contributed by atoms with E-state index in [0.717, 1.165) is 17.7 Å². The number of urea groups is 1. The second kappa shape index (κ2) is 7.45. The first-order chi connectivity index (χ1) is 12.4.